The van der Waals surface area contributed by atoms with Gasteiger partial charge in [-0.2, -0.15) is 0 Å². The fraction of sp³-hybridized carbons (Fsp3) is 0.300. The summed E-state index contributed by atoms with van der Waals surface area (Å²) >= 11 is 0. The van der Waals surface area contributed by atoms with E-state index in [1.54, 1.807) is 29.2 Å². The van der Waals surface area contributed by atoms with Crippen molar-refractivity contribution in [1.29, 1.82) is 0 Å². The second-order valence-electron chi connectivity index (χ2n) is 5.67. The van der Waals surface area contributed by atoms with E-state index >= 15 is 0 Å². The molecule has 4 nitrogen and oxygen atoms in total. The first-order chi connectivity index (χ1) is 11.7. The molecule has 1 amide bonds. The van der Waals surface area contributed by atoms with Crippen LogP contribution in [0, 0.1) is 0 Å². The summed E-state index contributed by atoms with van der Waals surface area (Å²) in [4.78, 5) is 26.1. The number of ketones is 1. The molecular weight excluding hydrogens is 336 g/mol. The summed E-state index contributed by atoms with van der Waals surface area (Å²) in [5.41, 5.74) is 8.08. The molecule has 0 fully saturated rings. The number of nitrogens with zero attached hydrogens (tertiary/aromatic N) is 1. The summed E-state index contributed by atoms with van der Waals surface area (Å²) in [5.74, 6) is 0.0313. The predicted octanol–water partition coefficient (Wildman–Crippen LogP) is 3.34. The number of benzene rings is 2. The molecule has 2 aromatic rings. The van der Waals surface area contributed by atoms with Gasteiger partial charge in [0.05, 0.1) is 0 Å². The number of hydrogen-bond acceptors (Lipinski definition) is 3. The van der Waals surface area contributed by atoms with Crippen LogP contribution in [-0.4, -0.2) is 36.2 Å². The minimum absolute atomic E-state index is 0. The number of rotatable bonds is 8. The van der Waals surface area contributed by atoms with Gasteiger partial charge in [-0.05, 0) is 24.1 Å². The summed E-state index contributed by atoms with van der Waals surface area (Å²) < 4.78 is 0. The third-order valence-electron chi connectivity index (χ3n) is 3.97. The number of carbonyl (C=O) groups excluding carboxylic acids is 2. The molecular formula is C20H25ClN2O2. The minimum atomic E-state index is -0.0492. The number of Topliss-reactive ketones (excluding diaryl/α,β-unsaturated/α-hetero) is 1. The van der Waals surface area contributed by atoms with Crippen molar-refractivity contribution in [3.05, 3.63) is 71.3 Å². The Morgan fingerprint density at radius 2 is 1.52 bits per heavy atom. The summed E-state index contributed by atoms with van der Waals surface area (Å²) in [6, 6.07) is 16.9. The van der Waals surface area contributed by atoms with Crippen LogP contribution in [0.3, 0.4) is 0 Å². The molecule has 0 aliphatic carbocycles. The lowest BCUT2D eigenvalue weighted by molar-refractivity contribution is 0.0761. The molecule has 0 saturated carbocycles. The highest BCUT2D eigenvalue weighted by molar-refractivity contribution is 5.98. The number of hydrogen-bond donors (Lipinski definition) is 1. The van der Waals surface area contributed by atoms with Crippen molar-refractivity contribution in [1.82, 2.24) is 4.90 Å². The quantitative estimate of drug-likeness (QED) is 0.734. The van der Waals surface area contributed by atoms with Gasteiger partial charge in [0.25, 0.3) is 5.91 Å². The maximum absolute atomic E-state index is 12.7. The molecule has 0 bridgehead atoms. The zero-order valence-electron chi connectivity index (χ0n) is 14.5. The van der Waals surface area contributed by atoms with Crippen LogP contribution in [0.2, 0.25) is 0 Å². The summed E-state index contributed by atoms with van der Waals surface area (Å²) in [7, 11) is 0. The van der Waals surface area contributed by atoms with Gasteiger partial charge in [-0.1, -0.05) is 49.4 Å². The highest BCUT2D eigenvalue weighted by Gasteiger charge is 2.15. The van der Waals surface area contributed by atoms with E-state index in [-0.39, 0.29) is 24.1 Å². The van der Waals surface area contributed by atoms with Gasteiger partial charge in [-0.25, -0.2) is 0 Å². The lowest BCUT2D eigenvalue weighted by Gasteiger charge is -2.22. The lowest BCUT2D eigenvalue weighted by atomic mass is 10.1. The SMILES string of the molecule is CCC(=O)c1ccc(C(=O)N(CCN)CCc2ccccc2)cc1.Cl. The first kappa shape index (κ1) is 20.9. The molecule has 134 valence electrons. The summed E-state index contributed by atoms with van der Waals surface area (Å²) in [6.07, 6.45) is 1.25. The Morgan fingerprint density at radius 1 is 0.920 bits per heavy atom. The monoisotopic (exact) mass is 360 g/mol. The number of amides is 1. The molecule has 0 atom stereocenters. The van der Waals surface area contributed by atoms with E-state index < -0.39 is 0 Å². The van der Waals surface area contributed by atoms with E-state index in [1.165, 1.54) is 5.56 Å². The van der Waals surface area contributed by atoms with Crippen LogP contribution in [0.5, 0.6) is 0 Å². The van der Waals surface area contributed by atoms with E-state index in [0.717, 1.165) is 6.42 Å². The number of nitrogens with two attached hydrogens (primary N) is 1. The van der Waals surface area contributed by atoms with Gasteiger partial charge in [0.2, 0.25) is 0 Å². The standard InChI is InChI=1S/C20H24N2O2.ClH/c1-2-19(23)17-8-10-18(11-9-17)20(24)22(15-13-21)14-12-16-6-4-3-5-7-16;/h3-11H,2,12-15,21H2,1H3;1H. The highest BCUT2D eigenvalue weighted by Crippen LogP contribution is 2.11. The average Bonchev–Trinajstić information content (AvgIpc) is 2.65. The highest BCUT2D eigenvalue weighted by atomic mass is 35.5. The average molecular weight is 361 g/mol. The predicted molar refractivity (Wildman–Crippen MR) is 103 cm³/mol. The summed E-state index contributed by atoms with van der Waals surface area (Å²) in [6.45, 7) is 3.39. The zero-order chi connectivity index (χ0) is 17.4. The molecule has 2 rings (SSSR count). The van der Waals surface area contributed by atoms with Gasteiger partial charge in [0.15, 0.2) is 5.78 Å². The molecule has 0 aromatic heterocycles. The molecule has 2 N–H and O–H groups in total. The molecule has 0 aliphatic rings. The van der Waals surface area contributed by atoms with Crippen LogP contribution in [0.4, 0.5) is 0 Å². The maximum atomic E-state index is 12.7. The van der Waals surface area contributed by atoms with Gasteiger partial charge < -0.3 is 10.6 Å². The Balaban J connectivity index is 0.00000312. The molecule has 0 aliphatic heterocycles. The van der Waals surface area contributed by atoms with Crippen molar-refractivity contribution in [2.45, 2.75) is 19.8 Å². The first-order valence-corrected chi connectivity index (χ1v) is 8.32. The Labute approximate surface area is 155 Å². The van der Waals surface area contributed by atoms with Crippen LogP contribution in [0.25, 0.3) is 0 Å². The second-order valence-corrected chi connectivity index (χ2v) is 5.67. The fourth-order valence-corrected chi connectivity index (χ4v) is 2.56. The third kappa shape index (κ3) is 6.00. The molecule has 5 heteroatoms. The third-order valence-corrected chi connectivity index (χ3v) is 3.97. The van der Waals surface area contributed by atoms with Crippen LogP contribution in [-0.2, 0) is 6.42 Å². The van der Waals surface area contributed by atoms with Crippen LogP contribution >= 0.6 is 12.4 Å². The number of halogens is 1. The Morgan fingerprint density at radius 3 is 2.08 bits per heavy atom. The van der Waals surface area contributed by atoms with Crippen molar-refractivity contribution in [3.8, 4) is 0 Å². The Bertz CT molecular complexity index is 672. The van der Waals surface area contributed by atoms with Gasteiger partial charge in [-0.3, -0.25) is 9.59 Å². The van der Waals surface area contributed by atoms with E-state index in [0.29, 0.717) is 37.2 Å². The molecule has 0 saturated heterocycles. The fourth-order valence-electron chi connectivity index (χ4n) is 2.56. The van der Waals surface area contributed by atoms with Gasteiger partial charge in [0, 0.05) is 37.2 Å². The molecule has 0 heterocycles. The molecule has 0 radical (unpaired) electrons. The first-order valence-electron chi connectivity index (χ1n) is 8.32. The molecule has 25 heavy (non-hydrogen) atoms. The largest absolute Gasteiger partial charge is 0.337 e. The van der Waals surface area contributed by atoms with Gasteiger partial charge >= 0.3 is 0 Å². The topological polar surface area (TPSA) is 63.4 Å². The smallest absolute Gasteiger partial charge is 0.253 e. The molecule has 0 spiro atoms. The zero-order valence-corrected chi connectivity index (χ0v) is 15.3. The van der Waals surface area contributed by atoms with E-state index in [9.17, 15) is 9.59 Å². The van der Waals surface area contributed by atoms with Crippen LogP contribution in [0.15, 0.2) is 54.6 Å². The van der Waals surface area contributed by atoms with Crippen LogP contribution in [0.1, 0.15) is 39.6 Å². The van der Waals surface area contributed by atoms with Gasteiger partial charge in [-0.15, -0.1) is 12.4 Å². The second kappa shape index (κ2) is 10.6. The van der Waals surface area contributed by atoms with Crippen molar-refractivity contribution < 1.29 is 9.59 Å². The van der Waals surface area contributed by atoms with Crippen molar-refractivity contribution in [2.24, 2.45) is 5.73 Å². The van der Waals surface area contributed by atoms with Gasteiger partial charge in [0.1, 0.15) is 0 Å². The number of carbonyl (C=O) groups is 2. The Kier molecular flexibility index (Phi) is 8.89. The van der Waals surface area contributed by atoms with E-state index in [2.05, 4.69) is 12.1 Å². The van der Waals surface area contributed by atoms with E-state index in [4.69, 9.17) is 5.73 Å². The lowest BCUT2D eigenvalue weighted by Crippen LogP contribution is -2.37. The van der Waals surface area contributed by atoms with Crippen molar-refractivity contribution >= 4 is 24.1 Å². The normalized spacial score (nSPS) is 10.0. The minimum Gasteiger partial charge on any atom is -0.337 e. The summed E-state index contributed by atoms with van der Waals surface area (Å²) in [5, 5.41) is 0. The Hall–Kier alpha value is -2.17. The maximum Gasteiger partial charge on any atom is 0.253 e. The molecule has 0 unspecified atom stereocenters. The van der Waals surface area contributed by atoms with Crippen molar-refractivity contribution in [2.75, 3.05) is 19.6 Å². The molecule has 2 aromatic carbocycles. The van der Waals surface area contributed by atoms with E-state index in [1.807, 2.05) is 25.1 Å². The van der Waals surface area contributed by atoms with Crippen LogP contribution < -0.4 is 5.73 Å². The van der Waals surface area contributed by atoms with Crippen molar-refractivity contribution in [3.63, 3.8) is 0 Å².